The van der Waals surface area contributed by atoms with Gasteiger partial charge in [0, 0.05) is 49.6 Å². The first-order valence-corrected chi connectivity index (χ1v) is 17.3. The van der Waals surface area contributed by atoms with Crippen molar-refractivity contribution in [2.75, 3.05) is 0 Å². The summed E-state index contributed by atoms with van der Waals surface area (Å²) in [6.07, 6.45) is 0. The van der Waals surface area contributed by atoms with E-state index in [0.717, 1.165) is 4.57 Å². The van der Waals surface area contributed by atoms with E-state index in [9.17, 15) is 9.60 Å². The van der Waals surface area contributed by atoms with Crippen LogP contribution in [0.15, 0.2) is 200 Å². The van der Waals surface area contributed by atoms with Gasteiger partial charge in [-0.3, -0.25) is 0 Å². The lowest BCUT2D eigenvalue weighted by atomic mass is 10.0. The van der Waals surface area contributed by atoms with Crippen LogP contribution in [-0.4, -0.2) is 24.1 Å². The average Bonchev–Trinajstić information content (AvgIpc) is 3.97. The van der Waals surface area contributed by atoms with Gasteiger partial charge in [-0.1, -0.05) is 145 Å². The van der Waals surface area contributed by atoms with E-state index in [1.807, 2.05) is 60.7 Å². The predicted octanol–water partition coefficient (Wildman–Crippen LogP) is 12.7. The van der Waals surface area contributed by atoms with Gasteiger partial charge < -0.3 is 9.13 Å². The van der Waals surface area contributed by atoms with Crippen LogP contribution in [0.25, 0.3) is 100 Å². The number of fused-ring (bicyclic) bond motifs is 6. The maximum Gasteiger partial charge on any atom is 0.164 e. The highest BCUT2D eigenvalue weighted by atomic mass is 15.0. The number of para-hydroxylation sites is 3. The van der Waals surface area contributed by atoms with E-state index < -0.39 is 153 Å². The molecule has 262 valence electrons. The van der Waals surface area contributed by atoms with Crippen LogP contribution in [0.3, 0.4) is 0 Å². The number of hydrogen-bond donors (Lipinski definition) is 0. The highest BCUT2D eigenvalue weighted by Gasteiger charge is 2.18. The molecule has 0 saturated heterocycles. The van der Waals surface area contributed by atoms with Crippen molar-refractivity contribution in [1.29, 1.82) is 0 Å². The minimum absolute atomic E-state index is 0.170. The number of hydrogen-bond acceptors (Lipinski definition) is 3. The zero-order chi connectivity index (χ0) is 53.5. The Morgan fingerprint density at radius 2 is 0.839 bits per heavy atom. The Bertz CT molecular complexity index is 4260. The molecule has 0 radical (unpaired) electrons. The van der Waals surface area contributed by atoms with Crippen LogP contribution < -0.4 is 0 Å². The van der Waals surface area contributed by atoms with E-state index in [1.54, 1.807) is 24.3 Å². The Morgan fingerprint density at radius 3 is 1.52 bits per heavy atom. The fourth-order valence-corrected chi connectivity index (χ4v) is 6.83. The zero-order valence-electron chi connectivity index (χ0n) is 47.8. The summed E-state index contributed by atoms with van der Waals surface area (Å²) in [5, 5.41) is -1.37. The van der Waals surface area contributed by atoms with Gasteiger partial charge in [0.2, 0.25) is 0 Å². The van der Waals surface area contributed by atoms with Crippen molar-refractivity contribution in [2.45, 2.75) is 0 Å². The Labute approximate surface area is 350 Å². The Morgan fingerprint density at radius 1 is 0.339 bits per heavy atom. The summed E-state index contributed by atoms with van der Waals surface area (Å²) in [6, 6.07) is 10.6. The van der Waals surface area contributed by atoms with Crippen LogP contribution in [0.4, 0.5) is 0 Å². The number of rotatable bonds is 6. The van der Waals surface area contributed by atoms with Crippen molar-refractivity contribution in [3.8, 4) is 56.7 Å². The van der Waals surface area contributed by atoms with Crippen molar-refractivity contribution in [2.24, 2.45) is 0 Å². The van der Waals surface area contributed by atoms with Gasteiger partial charge in [0.25, 0.3) is 0 Å². The summed E-state index contributed by atoms with van der Waals surface area (Å²) in [5.74, 6) is 0.875. The number of aromatic nitrogens is 5. The molecule has 0 aliphatic rings. The van der Waals surface area contributed by atoms with Crippen molar-refractivity contribution in [3.05, 3.63) is 200 Å². The largest absolute Gasteiger partial charge is 0.309 e. The maximum absolute atomic E-state index is 10.0. The molecule has 0 fully saturated rings. The van der Waals surface area contributed by atoms with E-state index >= 15 is 0 Å². The van der Waals surface area contributed by atoms with Gasteiger partial charge in [-0.2, -0.15) is 0 Å². The van der Waals surface area contributed by atoms with Crippen LogP contribution in [-0.2, 0) is 0 Å². The van der Waals surface area contributed by atoms with Crippen molar-refractivity contribution in [3.63, 3.8) is 0 Å². The van der Waals surface area contributed by atoms with Crippen LogP contribution in [0.2, 0.25) is 0 Å². The highest BCUT2D eigenvalue weighted by molar-refractivity contribution is 6.12. The van der Waals surface area contributed by atoms with Gasteiger partial charge in [0.1, 0.15) is 0 Å². The minimum Gasteiger partial charge on any atom is -0.309 e. The molecule has 0 saturated carbocycles. The van der Waals surface area contributed by atoms with Gasteiger partial charge in [0.05, 0.1) is 48.1 Å². The molecule has 5 nitrogen and oxygen atoms in total. The molecule has 0 spiro atoms. The summed E-state index contributed by atoms with van der Waals surface area (Å²) in [6.45, 7) is 0. The standard InChI is InChI=1S/C51H33N5/c1-4-15-34(16-5-1)49-52-50(35-17-6-2-7-18-35)54-51(53-49)38-19-14-22-40(31-38)56-45-25-12-10-23-41(45)43-29-27-37(33-48(43)56)36-28-30-47-44(32-36)42-24-11-13-26-46(42)55(47)39-20-8-3-9-21-39/h1-33H/i3D,8D,9D,10D,11D,12D,13D,20D,21D,23D,24D,25D,26D,27D,28D,29D,30D,32D,33D. The zero-order valence-corrected chi connectivity index (χ0v) is 28.8. The summed E-state index contributed by atoms with van der Waals surface area (Å²) >= 11 is 0. The van der Waals surface area contributed by atoms with E-state index in [-0.39, 0.29) is 33.3 Å². The molecule has 3 heterocycles. The lowest BCUT2D eigenvalue weighted by Crippen LogP contribution is -2.01. The van der Waals surface area contributed by atoms with Gasteiger partial charge in [0.15, 0.2) is 17.5 Å². The Balaban J connectivity index is 1.26. The molecule has 0 aliphatic carbocycles. The predicted molar refractivity (Wildman–Crippen MR) is 230 cm³/mol. The van der Waals surface area contributed by atoms with Gasteiger partial charge in [-0.15, -0.1) is 0 Å². The summed E-state index contributed by atoms with van der Waals surface area (Å²) in [7, 11) is 0. The third-order valence-electron chi connectivity index (χ3n) is 9.34. The van der Waals surface area contributed by atoms with Crippen LogP contribution >= 0.6 is 0 Å². The molecule has 0 amide bonds. The van der Waals surface area contributed by atoms with Crippen molar-refractivity contribution < 1.29 is 26.0 Å². The lowest BCUT2D eigenvalue weighted by molar-refractivity contribution is 1.07. The van der Waals surface area contributed by atoms with E-state index in [0.29, 0.717) is 28.3 Å². The van der Waals surface area contributed by atoms with E-state index in [4.69, 9.17) is 31.4 Å². The monoisotopic (exact) mass is 734 g/mol. The molecule has 11 aromatic rings. The second-order valence-electron chi connectivity index (χ2n) is 12.6. The topological polar surface area (TPSA) is 48.5 Å². The summed E-state index contributed by atoms with van der Waals surface area (Å²) in [5.41, 5.74) is -1.38. The van der Waals surface area contributed by atoms with Crippen molar-refractivity contribution in [1.82, 2.24) is 24.1 Å². The maximum atomic E-state index is 10.0. The Kier molecular flexibility index (Phi) is 4.22. The molecule has 11 rings (SSSR count). The average molecular weight is 735 g/mol. The molecular formula is C51H33N5. The van der Waals surface area contributed by atoms with Gasteiger partial charge >= 0.3 is 0 Å². The molecule has 5 heteroatoms. The first-order valence-electron chi connectivity index (χ1n) is 26.8. The SMILES string of the molecule is [2H]c1c([2H])c([2H])c(-n2c3c([2H])c([2H])c([2H])c([2H])c3c3c([2H])c(-c4c([2H])c([2H])c5c6c([2H])c([2H])c([2H])c([2H])c6n(-c6cccc(-c7nc(-c8ccccc8)nc(-c8ccccc8)n7)c6)c5c4[2H])c([2H])c([2H])c32)c([2H])c1[2H]. The van der Waals surface area contributed by atoms with Crippen molar-refractivity contribution >= 4 is 43.6 Å². The smallest absolute Gasteiger partial charge is 0.164 e. The molecule has 0 aliphatic heterocycles. The van der Waals surface area contributed by atoms with Crippen LogP contribution in [0.1, 0.15) is 26.0 Å². The first kappa shape index (κ1) is 18.1. The molecule has 0 atom stereocenters. The Hall–Kier alpha value is -7.63. The second-order valence-corrected chi connectivity index (χ2v) is 12.6. The van der Waals surface area contributed by atoms with Gasteiger partial charge in [-0.25, -0.2) is 15.0 Å². The quantitative estimate of drug-likeness (QED) is 0.171. The van der Waals surface area contributed by atoms with Crippen LogP contribution in [0, 0.1) is 0 Å². The molecule has 56 heavy (non-hydrogen) atoms. The third kappa shape index (κ3) is 5.29. The second kappa shape index (κ2) is 13.0. The third-order valence-corrected chi connectivity index (χ3v) is 9.34. The number of benzene rings is 8. The molecule has 0 bridgehead atoms. The van der Waals surface area contributed by atoms with E-state index in [1.165, 1.54) is 4.57 Å². The normalized spacial score (nSPS) is 16.3. The molecule has 0 N–H and O–H groups in total. The van der Waals surface area contributed by atoms with E-state index in [2.05, 4.69) is 0 Å². The molecule has 8 aromatic carbocycles. The molecule has 3 aromatic heterocycles. The van der Waals surface area contributed by atoms with Crippen LogP contribution in [0.5, 0.6) is 0 Å². The number of nitrogens with zero attached hydrogens (tertiary/aromatic N) is 5. The fraction of sp³-hybridized carbons (Fsp3) is 0. The lowest BCUT2D eigenvalue weighted by Gasteiger charge is -2.12. The van der Waals surface area contributed by atoms with Gasteiger partial charge in [-0.05, 0) is 65.6 Å². The summed E-state index contributed by atoms with van der Waals surface area (Å²) in [4.78, 5) is 14.4. The molecule has 0 unspecified atom stereocenters. The fourth-order valence-electron chi connectivity index (χ4n) is 6.83. The first-order chi connectivity index (χ1) is 35.7. The highest BCUT2D eigenvalue weighted by Crippen LogP contribution is 2.38. The summed E-state index contributed by atoms with van der Waals surface area (Å²) < 4.78 is 174. The molecular weight excluding hydrogens is 683 g/mol. The minimum atomic E-state index is -0.868.